The van der Waals surface area contributed by atoms with Crippen LogP contribution in [0.5, 0.6) is 0 Å². The van der Waals surface area contributed by atoms with Gasteiger partial charge in [0.2, 0.25) is 5.28 Å². The molecule has 2 aromatic heterocycles. The van der Waals surface area contributed by atoms with Crippen molar-refractivity contribution in [2.24, 2.45) is 0 Å². The Morgan fingerprint density at radius 3 is 2.80 bits per heavy atom. The van der Waals surface area contributed by atoms with Crippen molar-refractivity contribution >= 4 is 34.7 Å². The van der Waals surface area contributed by atoms with E-state index < -0.39 is 0 Å². The third-order valence-corrected chi connectivity index (χ3v) is 1.87. The van der Waals surface area contributed by atoms with Crippen molar-refractivity contribution in [2.75, 3.05) is 16.8 Å². The Balaban J connectivity index is 2.36. The topological polar surface area (TPSA) is 119 Å². The molecule has 2 aromatic rings. The maximum atomic E-state index is 5.66. The molecule has 0 aromatic carbocycles. The zero-order chi connectivity index (χ0) is 10.8. The molecule has 0 aliphatic heterocycles. The third kappa shape index (κ3) is 1.91. The lowest BCUT2D eigenvalue weighted by molar-refractivity contribution is 1.09. The number of halogens is 1. The molecule has 0 saturated heterocycles. The van der Waals surface area contributed by atoms with Gasteiger partial charge in [-0.25, -0.2) is 0 Å². The SMILES string of the molecule is Nc1nc(Cl)nc(Nc2ccn[nH]2)c1N. The molecular formula is C7H8ClN7. The number of anilines is 4. The molecule has 0 aliphatic rings. The van der Waals surface area contributed by atoms with Gasteiger partial charge in [0.15, 0.2) is 11.6 Å². The molecule has 0 atom stereocenters. The zero-order valence-electron chi connectivity index (χ0n) is 7.53. The first-order chi connectivity index (χ1) is 7.16. The van der Waals surface area contributed by atoms with E-state index in [1.807, 2.05) is 0 Å². The second-order valence-electron chi connectivity index (χ2n) is 2.74. The molecule has 0 unspecified atom stereocenters. The quantitative estimate of drug-likeness (QED) is 0.561. The van der Waals surface area contributed by atoms with Gasteiger partial charge < -0.3 is 16.8 Å². The summed E-state index contributed by atoms with van der Waals surface area (Å²) in [6, 6.07) is 1.71. The van der Waals surface area contributed by atoms with Crippen LogP contribution in [0.3, 0.4) is 0 Å². The third-order valence-electron chi connectivity index (χ3n) is 1.70. The summed E-state index contributed by atoms with van der Waals surface area (Å²) in [7, 11) is 0. The number of nitrogens with two attached hydrogens (primary N) is 2. The summed E-state index contributed by atoms with van der Waals surface area (Å²) in [6.45, 7) is 0. The molecule has 0 fully saturated rings. The van der Waals surface area contributed by atoms with Gasteiger partial charge in [-0.3, -0.25) is 5.10 Å². The van der Waals surface area contributed by atoms with E-state index in [4.69, 9.17) is 23.1 Å². The highest BCUT2D eigenvalue weighted by Crippen LogP contribution is 2.25. The van der Waals surface area contributed by atoms with Gasteiger partial charge in [-0.05, 0) is 11.6 Å². The molecule has 0 spiro atoms. The van der Waals surface area contributed by atoms with E-state index in [2.05, 4.69) is 25.5 Å². The fraction of sp³-hybridized carbons (Fsp3) is 0. The largest absolute Gasteiger partial charge is 0.393 e. The van der Waals surface area contributed by atoms with E-state index in [-0.39, 0.29) is 16.8 Å². The van der Waals surface area contributed by atoms with Crippen LogP contribution in [0.4, 0.5) is 23.1 Å². The Bertz CT molecular complexity index is 466. The summed E-state index contributed by atoms with van der Waals surface area (Å²) in [6.07, 6.45) is 1.59. The molecule has 78 valence electrons. The number of nitrogens with zero attached hydrogens (tertiary/aromatic N) is 3. The van der Waals surface area contributed by atoms with Crippen molar-refractivity contribution in [3.8, 4) is 0 Å². The minimum atomic E-state index is 0.0312. The van der Waals surface area contributed by atoms with Gasteiger partial charge in [0, 0.05) is 6.07 Å². The van der Waals surface area contributed by atoms with E-state index in [9.17, 15) is 0 Å². The van der Waals surface area contributed by atoms with Crippen LogP contribution < -0.4 is 16.8 Å². The van der Waals surface area contributed by atoms with Crippen LogP contribution >= 0.6 is 11.6 Å². The fourth-order valence-corrected chi connectivity index (χ4v) is 1.18. The van der Waals surface area contributed by atoms with Gasteiger partial charge >= 0.3 is 0 Å². The highest BCUT2D eigenvalue weighted by molar-refractivity contribution is 6.28. The molecule has 0 radical (unpaired) electrons. The summed E-state index contributed by atoms with van der Waals surface area (Å²) >= 11 is 5.64. The van der Waals surface area contributed by atoms with E-state index in [0.29, 0.717) is 11.6 Å². The van der Waals surface area contributed by atoms with E-state index in [1.54, 1.807) is 12.3 Å². The van der Waals surface area contributed by atoms with Crippen molar-refractivity contribution < 1.29 is 0 Å². The van der Waals surface area contributed by atoms with Gasteiger partial charge in [0.1, 0.15) is 11.5 Å². The van der Waals surface area contributed by atoms with Crippen molar-refractivity contribution in [1.82, 2.24) is 20.2 Å². The average Bonchev–Trinajstić information content (AvgIpc) is 2.66. The maximum absolute atomic E-state index is 5.66. The number of aromatic amines is 1. The normalized spacial score (nSPS) is 10.2. The molecule has 0 saturated carbocycles. The van der Waals surface area contributed by atoms with Crippen molar-refractivity contribution in [1.29, 1.82) is 0 Å². The number of H-pyrrole nitrogens is 1. The average molecular weight is 226 g/mol. The summed E-state index contributed by atoms with van der Waals surface area (Å²) in [5, 5.41) is 9.35. The predicted octanol–water partition coefficient (Wildman–Crippen LogP) is 0.761. The lowest BCUT2D eigenvalue weighted by Gasteiger charge is -2.07. The summed E-state index contributed by atoms with van der Waals surface area (Å²) in [4.78, 5) is 7.60. The Morgan fingerprint density at radius 1 is 1.33 bits per heavy atom. The van der Waals surface area contributed by atoms with Crippen LogP contribution in [-0.2, 0) is 0 Å². The smallest absolute Gasteiger partial charge is 0.226 e. The predicted molar refractivity (Wildman–Crippen MR) is 57.7 cm³/mol. The van der Waals surface area contributed by atoms with Crippen LogP contribution in [0.15, 0.2) is 12.3 Å². The van der Waals surface area contributed by atoms with E-state index in [0.717, 1.165) is 0 Å². The Labute approximate surface area is 89.9 Å². The lowest BCUT2D eigenvalue weighted by Crippen LogP contribution is -2.05. The second kappa shape index (κ2) is 3.62. The van der Waals surface area contributed by atoms with Gasteiger partial charge in [-0.15, -0.1) is 0 Å². The number of hydrogen-bond donors (Lipinski definition) is 4. The molecule has 15 heavy (non-hydrogen) atoms. The highest BCUT2D eigenvalue weighted by Gasteiger charge is 2.08. The molecule has 7 nitrogen and oxygen atoms in total. The maximum Gasteiger partial charge on any atom is 0.226 e. The number of hydrogen-bond acceptors (Lipinski definition) is 6. The second-order valence-corrected chi connectivity index (χ2v) is 3.07. The monoisotopic (exact) mass is 225 g/mol. The van der Waals surface area contributed by atoms with Crippen LogP contribution in [0.25, 0.3) is 0 Å². The molecule has 2 rings (SSSR count). The number of nitrogens with one attached hydrogen (secondary N) is 2. The zero-order valence-corrected chi connectivity index (χ0v) is 8.28. The molecule has 0 amide bonds. The molecule has 0 aliphatic carbocycles. The Morgan fingerprint density at radius 2 is 2.13 bits per heavy atom. The molecule has 8 heteroatoms. The summed E-state index contributed by atoms with van der Waals surface area (Å²) in [5.74, 6) is 1.12. The highest BCUT2D eigenvalue weighted by atomic mass is 35.5. The Hall–Kier alpha value is -2.02. The van der Waals surface area contributed by atoms with Crippen molar-refractivity contribution in [3.63, 3.8) is 0 Å². The van der Waals surface area contributed by atoms with Crippen LogP contribution in [0, 0.1) is 0 Å². The number of aromatic nitrogens is 4. The standard InChI is InChI=1S/C7H8ClN7/c8-7-13-5(10)4(9)6(14-7)12-3-1-2-11-15-3/h1-2H,9H2,(H4,10,11,12,13,14,15). The first-order valence-corrected chi connectivity index (χ1v) is 4.39. The summed E-state index contributed by atoms with van der Waals surface area (Å²) < 4.78 is 0. The van der Waals surface area contributed by atoms with Crippen LogP contribution in [0.2, 0.25) is 5.28 Å². The van der Waals surface area contributed by atoms with Gasteiger partial charge in [0.05, 0.1) is 6.20 Å². The van der Waals surface area contributed by atoms with E-state index >= 15 is 0 Å². The fourth-order valence-electron chi connectivity index (χ4n) is 1.01. The first kappa shape index (κ1) is 9.53. The van der Waals surface area contributed by atoms with Crippen molar-refractivity contribution in [3.05, 3.63) is 17.5 Å². The molecular weight excluding hydrogens is 218 g/mol. The molecule has 2 heterocycles. The summed E-state index contributed by atoms with van der Waals surface area (Å²) in [5.41, 5.74) is 11.4. The van der Waals surface area contributed by atoms with Crippen molar-refractivity contribution in [2.45, 2.75) is 0 Å². The first-order valence-electron chi connectivity index (χ1n) is 4.01. The number of rotatable bonds is 2. The van der Waals surface area contributed by atoms with Gasteiger partial charge in [0.25, 0.3) is 0 Å². The Kier molecular flexibility index (Phi) is 2.30. The van der Waals surface area contributed by atoms with Gasteiger partial charge in [-0.1, -0.05) is 0 Å². The van der Waals surface area contributed by atoms with Crippen LogP contribution in [0.1, 0.15) is 0 Å². The molecule has 6 N–H and O–H groups in total. The lowest BCUT2D eigenvalue weighted by atomic mass is 10.4. The van der Waals surface area contributed by atoms with Crippen LogP contribution in [-0.4, -0.2) is 20.2 Å². The number of nitrogen functional groups attached to an aromatic ring is 2. The minimum Gasteiger partial charge on any atom is -0.393 e. The van der Waals surface area contributed by atoms with Gasteiger partial charge in [-0.2, -0.15) is 15.1 Å². The minimum absolute atomic E-state index is 0.0312. The van der Waals surface area contributed by atoms with E-state index in [1.165, 1.54) is 0 Å². The molecule has 0 bridgehead atoms.